The van der Waals surface area contributed by atoms with E-state index in [2.05, 4.69) is 31.2 Å². The fourth-order valence-electron chi connectivity index (χ4n) is 3.13. The summed E-state index contributed by atoms with van der Waals surface area (Å²) >= 11 is 6.42. The minimum Gasteiger partial charge on any atom is -0.375 e. The average Bonchev–Trinajstić information content (AvgIpc) is 3.35. The minimum absolute atomic E-state index is 0.168. The Kier molecular flexibility index (Phi) is 5.58. The van der Waals surface area contributed by atoms with Gasteiger partial charge in [-0.25, -0.2) is 9.97 Å². The molecule has 0 fully saturated rings. The molecule has 7 nitrogen and oxygen atoms in total. The highest BCUT2D eigenvalue weighted by molar-refractivity contribution is 9.10. The number of nitrogens with one attached hydrogen (secondary N) is 1. The van der Waals surface area contributed by atoms with Crippen molar-refractivity contribution in [2.45, 2.75) is 17.0 Å². The Morgan fingerprint density at radius 1 is 1.16 bits per heavy atom. The fraction of sp³-hybridized carbons (Fsp3) is 0.0909. The van der Waals surface area contributed by atoms with Crippen LogP contribution in [0.1, 0.15) is 21.8 Å². The van der Waals surface area contributed by atoms with Crippen molar-refractivity contribution in [3.63, 3.8) is 0 Å². The van der Waals surface area contributed by atoms with Crippen LogP contribution in [-0.2, 0) is 5.75 Å². The number of halogens is 1. The number of thioether (sulfide) groups is 1. The molecular weight excluding hydrogens is 512 g/mol. The predicted octanol–water partition coefficient (Wildman–Crippen LogP) is 5.51. The summed E-state index contributed by atoms with van der Waals surface area (Å²) in [5.74, 6) is 0.981. The minimum atomic E-state index is -0.242. The lowest BCUT2D eigenvalue weighted by molar-refractivity contribution is 0.102. The third kappa shape index (κ3) is 4.34. The molecule has 5 rings (SSSR count). The molecule has 3 heterocycles. The molecule has 0 saturated heterocycles. The summed E-state index contributed by atoms with van der Waals surface area (Å²) in [7, 11) is 0. The van der Waals surface area contributed by atoms with Crippen LogP contribution in [-0.4, -0.2) is 20.4 Å². The van der Waals surface area contributed by atoms with Crippen molar-refractivity contribution >= 4 is 66.5 Å². The third-order valence-corrected chi connectivity index (χ3v) is 7.32. The number of aromatic nitrogens is 3. The summed E-state index contributed by atoms with van der Waals surface area (Å²) in [5, 5.41) is 2.92. The molecule has 1 N–H and O–H groups in total. The Morgan fingerprint density at radius 2 is 1.97 bits per heavy atom. The van der Waals surface area contributed by atoms with Crippen molar-refractivity contribution in [1.29, 1.82) is 0 Å². The van der Waals surface area contributed by atoms with Gasteiger partial charge in [0.05, 0.1) is 15.9 Å². The van der Waals surface area contributed by atoms with Crippen LogP contribution in [0.5, 0.6) is 0 Å². The van der Waals surface area contributed by atoms with Crippen LogP contribution in [0.25, 0.3) is 15.9 Å². The highest BCUT2D eigenvalue weighted by Crippen LogP contribution is 2.32. The summed E-state index contributed by atoms with van der Waals surface area (Å²) in [4.78, 5) is 33.8. The number of hydrogen-bond donors (Lipinski definition) is 1. The standard InChI is InChI=1S/C22H15BrN4O3S2/c1-12-8-19-24-16(10-20(28)27(19)30-12)11-31-22-26-17-7-6-15(9-18(17)32-22)25-21(29)13-2-4-14(23)5-3-13/h2-10H,11H2,1H3,(H,25,29). The molecule has 1 amide bonds. The van der Waals surface area contributed by atoms with Crippen LogP contribution >= 0.6 is 39.0 Å². The molecule has 0 atom stereocenters. The van der Waals surface area contributed by atoms with Gasteiger partial charge >= 0.3 is 0 Å². The number of hydrogen-bond acceptors (Lipinski definition) is 7. The van der Waals surface area contributed by atoms with Gasteiger partial charge in [0.1, 0.15) is 5.76 Å². The van der Waals surface area contributed by atoms with E-state index >= 15 is 0 Å². The zero-order valence-corrected chi connectivity index (χ0v) is 19.9. The second kappa shape index (κ2) is 8.53. The number of anilines is 1. The van der Waals surface area contributed by atoms with Gasteiger partial charge < -0.3 is 9.84 Å². The van der Waals surface area contributed by atoms with E-state index in [-0.39, 0.29) is 11.5 Å². The summed E-state index contributed by atoms with van der Waals surface area (Å²) in [6.07, 6.45) is 0. The SMILES string of the molecule is Cc1cc2nc(CSc3nc4ccc(NC(=O)c5ccc(Br)cc5)cc4s3)cc(=O)n2o1. The molecule has 0 bridgehead atoms. The summed E-state index contributed by atoms with van der Waals surface area (Å²) in [6, 6.07) is 16.0. The Labute approximate surface area is 198 Å². The average molecular weight is 527 g/mol. The van der Waals surface area contributed by atoms with Crippen molar-refractivity contribution < 1.29 is 9.32 Å². The molecule has 0 aliphatic rings. The molecule has 0 saturated carbocycles. The Morgan fingerprint density at radius 3 is 2.78 bits per heavy atom. The van der Waals surface area contributed by atoms with E-state index in [4.69, 9.17) is 4.52 Å². The van der Waals surface area contributed by atoms with Crippen molar-refractivity contribution in [2.24, 2.45) is 0 Å². The maximum atomic E-state index is 12.5. The zero-order valence-electron chi connectivity index (χ0n) is 16.7. The number of aryl methyl sites for hydroxylation is 1. The first kappa shape index (κ1) is 20.9. The molecule has 5 aromatic rings. The van der Waals surface area contributed by atoms with E-state index in [1.165, 1.54) is 33.7 Å². The molecule has 0 aliphatic carbocycles. The van der Waals surface area contributed by atoms with Crippen LogP contribution in [0, 0.1) is 6.92 Å². The first-order valence-electron chi connectivity index (χ1n) is 9.54. The van der Waals surface area contributed by atoms with Gasteiger partial charge in [-0.1, -0.05) is 27.7 Å². The fourth-order valence-corrected chi connectivity index (χ4v) is 5.40. The number of carbonyl (C=O) groups excluding carboxylic acids is 1. The summed E-state index contributed by atoms with van der Waals surface area (Å²) in [5.41, 5.74) is 3.08. The van der Waals surface area contributed by atoms with E-state index < -0.39 is 0 Å². The smallest absolute Gasteiger partial charge is 0.287 e. The quantitative estimate of drug-likeness (QED) is 0.303. The number of carbonyl (C=O) groups is 1. The van der Waals surface area contributed by atoms with E-state index in [1.54, 1.807) is 25.1 Å². The number of fused-ring (bicyclic) bond motifs is 2. The number of thiazole rings is 1. The summed E-state index contributed by atoms with van der Waals surface area (Å²) < 4.78 is 9.26. The van der Waals surface area contributed by atoms with Gasteiger partial charge in [-0.2, -0.15) is 0 Å². The molecule has 10 heteroatoms. The van der Waals surface area contributed by atoms with E-state index in [0.717, 1.165) is 19.0 Å². The molecule has 2 aromatic carbocycles. The van der Waals surface area contributed by atoms with Crippen LogP contribution < -0.4 is 10.9 Å². The van der Waals surface area contributed by atoms with E-state index in [1.807, 2.05) is 30.3 Å². The van der Waals surface area contributed by atoms with Crippen molar-refractivity contribution in [3.8, 4) is 0 Å². The van der Waals surface area contributed by atoms with Gasteiger partial charge in [0.2, 0.25) is 0 Å². The van der Waals surface area contributed by atoms with Gasteiger partial charge in [-0.05, 0) is 49.4 Å². The lowest BCUT2D eigenvalue weighted by Gasteiger charge is -2.05. The zero-order chi connectivity index (χ0) is 22.2. The molecule has 3 aromatic heterocycles. The first-order valence-corrected chi connectivity index (χ1v) is 12.1. The van der Waals surface area contributed by atoms with Gasteiger partial charge in [-0.15, -0.1) is 15.9 Å². The van der Waals surface area contributed by atoms with Crippen molar-refractivity contribution in [1.82, 2.24) is 14.5 Å². The van der Waals surface area contributed by atoms with E-state index in [0.29, 0.717) is 34.1 Å². The highest BCUT2D eigenvalue weighted by atomic mass is 79.9. The maximum absolute atomic E-state index is 12.5. The normalized spacial score (nSPS) is 11.3. The Hall–Kier alpha value is -2.95. The third-order valence-electron chi connectivity index (χ3n) is 4.60. The van der Waals surface area contributed by atoms with Gasteiger partial charge in [0.15, 0.2) is 9.99 Å². The first-order chi connectivity index (χ1) is 15.4. The molecule has 0 unspecified atom stereocenters. The summed E-state index contributed by atoms with van der Waals surface area (Å²) in [6.45, 7) is 1.78. The lowest BCUT2D eigenvalue weighted by Crippen LogP contribution is -2.12. The highest BCUT2D eigenvalue weighted by Gasteiger charge is 2.11. The monoisotopic (exact) mass is 526 g/mol. The lowest BCUT2D eigenvalue weighted by atomic mass is 10.2. The van der Waals surface area contributed by atoms with Crippen LogP contribution in [0.2, 0.25) is 0 Å². The van der Waals surface area contributed by atoms with Crippen molar-refractivity contribution in [2.75, 3.05) is 5.32 Å². The molecule has 32 heavy (non-hydrogen) atoms. The second-order valence-electron chi connectivity index (χ2n) is 7.00. The Balaban J connectivity index is 1.31. The molecule has 160 valence electrons. The largest absolute Gasteiger partial charge is 0.375 e. The van der Waals surface area contributed by atoms with Crippen LogP contribution in [0.15, 0.2) is 72.7 Å². The van der Waals surface area contributed by atoms with Crippen molar-refractivity contribution in [3.05, 3.63) is 86.4 Å². The molecular formula is C22H15BrN4O3S2. The predicted molar refractivity (Wildman–Crippen MR) is 130 cm³/mol. The second-order valence-corrected chi connectivity index (χ2v) is 10.2. The van der Waals surface area contributed by atoms with Gasteiger partial charge in [0.25, 0.3) is 11.5 Å². The van der Waals surface area contributed by atoms with Crippen LogP contribution in [0.4, 0.5) is 5.69 Å². The number of benzene rings is 2. The van der Waals surface area contributed by atoms with Crippen LogP contribution in [0.3, 0.4) is 0 Å². The van der Waals surface area contributed by atoms with E-state index in [9.17, 15) is 9.59 Å². The molecule has 0 spiro atoms. The van der Waals surface area contributed by atoms with Gasteiger partial charge in [0, 0.05) is 33.6 Å². The number of nitrogens with zero attached hydrogens (tertiary/aromatic N) is 3. The topological polar surface area (TPSA) is 89.5 Å². The maximum Gasteiger partial charge on any atom is 0.287 e. The van der Waals surface area contributed by atoms with Gasteiger partial charge in [-0.3, -0.25) is 9.59 Å². The number of rotatable bonds is 5. The molecule has 0 radical (unpaired) electrons. The molecule has 0 aliphatic heterocycles. The Bertz CT molecular complexity index is 1520. The number of amides is 1.